The van der Waals surface area contributed by atoms with Gasteiger partial charge in [0.05, 0.1) is 11.9 Å². The minimum atomic E-state index is -3.51. The molecule has 2 aromatic rings. The summed E-state index contributed by atoms with van der Waals surface area (Å²) in [5.74, 6) is -0.0267. The Hall–Kier alpha value is -2.87. The van der Waals surface area contributed by atoms with Crippen LogP contribution in [-0.4, -0.2) is 50.5 Å². The number of nitrogens with zero attached hydrogens (tertiary/aromatic N) is 2. The molecule has 2 aromatic carbocycles. The topological polar surface area (TPSA) is 86.8 Å². The highest BCUT2D eigenvalue weighted by atomic mass is 32.2. The predicted octanol–water partition coefficient (Wildman–Crippen LogP) is 4.43. The van der Waals surface area contributed by atoms with Crippen LogP contribution in [0.1, 0.15) is 56.7 Å². The summed E-state index contributed by atoms with van der Waals surface area (Å²) in [7, 11) is -3.51. The number of carbonyl (C=O) groups excluding carboxylic acids is 2. The van der Waals surface area contributed by atoms with Crippen LogP contribution in [0.25, 0.3) is 0 Å². The zero-order valence-electron chi connectivity index (χ0n) is 22.5. The molecule has 0 aliphatic carbocycles. The molecule has 0 radical (unpaired) electrons. The molecular weight excluding hydrogens is 474 g/mol. The van der Waals surface area contributed by atoms with Gasteiger partial charge in [-0.1, -0.05) is 68.3 Å². The molecule has 0 saturated carbocycles. The van der Waals surface area contributed by atoms with E-state index >= 15 is 0 Å². The van der Waals surface area contributed by atoms with Crippen molar-refractivity contribution < 1.29 is 18.0 Å². The summed E-state index contributed by atoms with van der Waals surface area (Å²) < 4.78 is 26.2. The quantitative estimate of drug-likeness (QED) is 0.428. The summed E-state index contributed by atoms with van der Waals surface area (Å²) in [4.78, 5) is 28.1. The molecule has 2 rings (SSSR count). The molecule has 198 valence electrons. The number of hydrogen-bond acceptors (Lipinski definition) is 4. The Balaban J connectivity index is 2.20. The van der Waals surface area contributed by atoms with Crippen LogP contribution in [0.5, 0.6) is 0 Å². The molecule has 1 N–H and O–H groups in total. The van der Waals surface area contributed by atoms with Gasteiger partial charge in [0, 0.05) is 26.1 Å². The number of carbonyl (C=O) groups is 2. The van der Waals surface area contributed by atoms with E-state index in [1.807, 2.05) is 71.0 Å². The molecule has 0 spiro atoms. The van der Waals surface area contributed by atoms with Crippen molar-refractivity contribution in [2.45, 2.75) is 66.5 Å². The monoisotopic (exact) mass is 515 g/mol. The van der Waals surface area contributed by atoms with Gasteiger partial charge in [0.15, 0.2) is 0 Å². The van der Waals surface area contributed by atoms with Crippen LogP contribution >= 0.6 is 0 Å². The van der Waals surface area contributed by atoms with Gasteiger partial charge in [0.2, 0.25) is 21.8 Å². The highest BCUT2D eigenvalue weighted by molar-refractivity contribution is 7.92. The Morgan fingerprint density at radius 2 is 1.67 bits per heavy atom. The molecule has 0 bridgehead atoms. The molecular formula is C28H41N3O4S. The van der Waals surface area contributed by atoms with Crippen LogP contribution in [0, 0.1) is 19.8 Å². The average molecular weight is 516 g/mol. The Morgan fingerprint density at radius 3 is 2.22 bits per heavy atom. The van der Waals surface area contributed by atoms with Crippen molar-refractivity contribution in [3.8, 4) is 0 Å². The van der Waals surface area contributed by atoms with Crippen molar-refractivity contribution in [3.63, 3.8) is 0 Å². The lowest BCUT2D eigenvalue weighted by molar-refractivity contribution is -0.141. The number of rotatable bonds is 13. The van der Waals surface area contributed by atoms with E-state index in [0.717, 1.165) is 16.7 Å². The third kappa shape index (κ3) is 8.97. The molecule has 0 unspecified atom stereocenters. The van der Waals surface area contributed by atoms with Gasteiger partial charge in [-0.15, -0.1) is 0 Å². The Bertz CT molecular complexity index is 1110. The first-order valence-corrected chi connectivity index (χ1v) is 14.4. The maximum absolute atomic E-state index is 13.5. The molecule has 0 aromatic heterocycles. The zero-order valence-corrected chi connectivity index (χ0v) is 23.3. The van der Waals surface area contributed by atoms with Gasteiger partial charge < -0.3 is 10.2 Å². The second-order valence-electron chi connectivity index (χ2n) is 9.85. The van der Waals surface area contributed by atoms with E-state index in [1.54, 1.807) is 17.0 Å². The second-order valence-corrected chi connectivity index (χ2v) is 11.8. The largest absolute Gasteiger partial charge is 0.354 e. The maximum atomic E-state index is 13.5. The number of benzene rings is 2. The van der Waals surface area contributed by atoms with Crippen LogP contribution in [0.4, 0.5) is 5.69 Å². The van der Waals surface area contributed by atoms with E-state index in [2.05, 4.69) is 5.32 Å². The predicted molar refractivity (Wildman–Crippen MR) is 146 cm³/mol. The van der Waals surface area contributed by atoms with E-state index in [9.17, 15) is 18.0 Å². The van der Waals surface area contributed by atoms with Gasteiger partial charge in [-0.25, -0.2) is 8.42 Å². The summed E-state index contributed by atoms with van der Waals surface area (Å²) in [6.45, 7) is 10.9. The molecule has 8 heteroatoms. The van der Waals surface area contributed by atoms with E-state index in [0.29, 0.717) is 37.5 Å². The fourth-order valence-corrected chi connectivity index (χ4v) is 5.03. The van der Waals surface area contributed by atoms with Gasteiger partial charge in [0.25, 0.3) is 0 Å². The lowest BCUT2D eigenvalue weighted by atomic mass is 10.1. The normalized spacial score (nSPS) is 12.3. The lowest BCUT2D eigenvalue weighted by Gasteiger charge is -2.31. The highest BCUT2D eigenvalue weighted by Gasteiger charge is 2.29. The summed E-state index contributed by atoms with van der Waals surface area (Å²) in [6, 6.07) is 14.6. The van der Waals surface area contributed by atoms with Crippen LogP contribution < -0.4 is 9.62 Å². The Morgan fingerprint density at radius 1 is 1.00 bits per heavy atom. The number of hydrogen-bond donors (Lipinski definition) is 1. The minimum Gasteiger partial charge on any atom is -0.354 e. The van der Waals surface area contributed by atoms with Crippen LogP contribution in [0.3, 0.4) is 0 Å². The van der Waals surface area contributed by atoms with Crippen LogP contribution in [0.15, 0.2) is 48.5 Å². The van der Waals surface area contributed by atoms with Crippen molar-refractivity contribution in [3.05, 3.63) is 65.2 Å². The fourth-order valence-electron chi connectivity index (χ4n) is 4.06. The SMILES string of the molecule is CC[C@@H](C(=O)NCC(C)C)N(Cc1cccc(C)c1)C(=O)CCCN(c1ccc(C)cc1)S(C)(=O)=O. The average Bonchev–Trinajstić information content (AvgIpc) is 2.80. The van der Waals surface area contributed by atoms with Crippen LogP contribution in [0.2, 0.25) is 0 Å². The fraction of sp³-hybridized carbons (Fsp3) is 0.500. The van der Waals surface area contributed by atoms with E-state index in [-0.39, 0.29) is 24.8 Å². The Kier molecular flexibility index (Phi) is 11.0. The van der Waals surface area contributed by atoms with Crippen molar-refractivity contribution in [1.29, 1.82) is 0 Å². The summed E-state index contributed by atoms with van der Waals surface area (Å²) in [6.07, 6.45) is 2.14. The highest BCUT2D eigenvalue weighted by Crippen LogP contribution is 2.20. The third-order valence-corrected chi connectivity index (χ3v) is 7.17. The number of sulfonamides is 1. The molecule has 0 aliphatic rings. The van der Waals surface area contributed by atoms with Crippen molar-refractivity contribution in [2.24, 2.45) is 5.92 Å². The van der Waals surface area contributed by atoms with Gasteiger partial charge in [-0.2, -0.15) is 0 Å². The summed E-state index contributed by atoms with van der Waals surface area (Å²) in [5.41, 5.74) is 3.65. The lowest BCUT2D eigenvalue weighted by Crippen LogP contribution is -2.49. The van der Waals surface area contributed by atoms with E-state index in [1.165, 1.54) is 10.6 Å². The molecule has 0 heterocycles. The second kappa shape index (κ2) is 13.4. The molecule has 7 nitrogen and oxygen atoms in total. The van der Waals surface area contributed by atoms with Gasteiger partial charge in [0.1, 0.15) is 6.04 Å². The minimum absolute atomic E-state index is 0.137. The van der Waals surface area contributed by atoms with Crippen molar-refractivity contribution in [1.82, 2.24) is 10.2 Å². The van der Waals surface area contributed by atoms with Crippen molar-refractivity contribution >= 4 is 27.5 Å². The number of anilines is 1. The summed E-state index contributed by atoms with van der Waals surface area (Å²) >= 11 is 0. The van der Waals surface area contributed by atoms with Crippen molar-refractivity contribution in [2.75, 3.05) is 23.7 Å². The van der Waals surface area contributed by atoms with E-state index < -0.39 is 16.1 Å². The Labute approximate surface area is 216 Å². The smallest absolute Gasteiger partial charge is 0.242 e. The molecule has 36 heavy (non-hydrogen) atoms. The first-order valence-electron chi connectivity index (χ1n) is 12.6. The first kappa shape index (κ1) is 29.4. The first-order chi connectivity index (χ1) is 16.9. The number of aryl methyl sites for hydroxylation is 2. The third-order valence-electron chi connectivity index (χ3n) is 5.98. The molecule has 0 aliphatic heterocycles. The molecule has 1 atom stereocenters. The van der Waals surface area contributed by atoms with Crippen LogP contribution in [-0.2, 0) is 26.2 Å². The number of amides is 2. The summed E-state index contributed by atoms with van der Waals surface area (Å²) in [5, 5.41) is 2.97. The van der Waals surface area contributed by atoms with E-state index in [4.69, 9.17) is 0 Å². The standard InChI is InChI=1S/C28H41N3O4S/c1-7-26(28(33)29-19-21(2)3)30(20-24-11-8-10-23(5)18-24)27(32)12-9-17-31(36(6,34)35)25-15-13-22(4)14-16-25/h8,10-11,13-16,18,21,26H,7,9,12,17,19-20H2,1-6H3,(H,29,33)/t26-/m0/s1. The molecule has 0 saturated heterocycles. The maximum Gasteiger partial charge on any atom is 0.242 e. The van der Waals surface area contributed by atoms with Gasteiger partial charge in [-0.05, 0) is 50.3 Å². The molecule has 2 amide bonds. The zero-order chi connectivity index (χ0) is 26.9. The van der Waals surface area contributed by atoms with Gasteiger partial charge in [-0.3, -0.25) is 13.9 Å². The van der Waals surface area contributed by atoms with Gasteiger partial charge >= 0.3 is 0 Å². The molecule has 0 fully saturated rings. The number of nitrogens with one attached hydrogen (secondary N) is 1.